The number of rotatable bonds is 3. The molecule has 88 valence electrons. The van der Waals surface area contributed by atoms with Crippen molar-refractivity contribution in [2.24, 2.45) is 5.73 Å². The number of ether oxygens (including phenoxy) is 1. The van der Waals surface area contributed by atoms with Gasteiger partial charge in [-0.25, -0.2) is 4.68 Å². The third kappa shape index (κ3) is 1.99. The molecule has 0 aliphatic heterocycles. The summed E-state index contributed by atoms with van der Waals surface area (Å²) in [5.41, 5.74) is 7.84. The Balaban J connectivity index is 2.49. The lowest BCUT2D eigenvalue weighted by molar-refractivity contribution is 0.414. The van der Waals surface area contributed by atoms with Gasteiger partial charge in [-0.15, -0.1) is 0 Å². The molecule has 0 aliphatic rings. The van der Waals surface area contributed by atoms with Gasteiger partial charge in [0.15, 0.2) is 0 Å². The van der Waals surface area contributed by atoms with E-state index in [0.29, 0.717) is 5.56 Å². The number of nitrogens with two attached hydrogens (primary N) is 1. The monoisotopic (exact) mass is 230 g/mol. The molecule has 0 spiro atoms. The second-order valence-electron chi connectivity index (χ2n) is 3.67. The van der Waals surface area contributed by atoms with E-state index in [4.69, 9.17) is 15.9 Å². The van der Waals surface area contributed by atoms with Crippen LogP contribution in [0.5, 0.6) is 5.75 Å². The first kappa shape index (κ1) is 11.2. The van der Waals surface area contributed by atoms with Gasteiger partial charge in [-0.05, 0) is 19.1 Å². The van der Waals surface area contributed by atoms with Crippen LogP contribution < -0.4 is 10.5 Å². The van der Waals surface area contributed by atoms with Gasteiger partial charge in [-0.1, -0.05) is 6.07 Å². The maximum Gasteiger partial charge on any atom is 0.126 e. The van der Waals surface area contributed by atoms with Crippen LogP contribution in [0.15, 0.2) is 30.5 Å². The molecule has 0 fully saturated rings. The summed E-state index contributed by atoms with van der Waals surface area (Å²) in [6.07, 6.45) is 1.59. The summed E-state index contributed by atoms with van der Waals surface area (Å²) in [6, 6.07) is 7.56. The topological polar surface area (TPSA) is 76.9 Å². The standard InChI is InChI=1S/C12H14N4O/c1-8-11(12(13)14)7-15-16(8)9-4-3-5-10(6-9)17-2/h3-7H,1-2H3,(H3,13,14). The van der Waals surface area contributed by atoms with Gasteiger partial charge < -0.3 is 10.5 Å². The zero-order valence-corrected chi connectivity index (χ0v) is 9.77. The molecule has 2 aromatic rings. The van der Waals surface area contributed by atoms with Crippen molar-refractivity contribution in [3.63, 3.8) is 0 Å². The highest BCUT2D eigenvalue weighted by Crippen LogP contribution is 2.18. The Labute approximate surface area is 99.3 Å². The van der Waals surface area contributed by atoms with E-state index in [9.17, 15) is 0 Å². The molecule has 0 saturated heterocycles. The van der Waals surface area contributed by atoms with Crippen molar-refractivity contribution in [2.45, 2.75) is 6.92 Å². The van der Waals surface area contributed by atoms with Crippen molar-refractivity contribution in [1.82, 2.24) is 9.78 Å². The summed E-state index contributed by atoms with van der Waals surface area (Å²) in [6.45, 7) is 1.88. The van der Waals surface area contributed by atoms with Crippen LogP contribution in [0.1, 0.15) is 11.3 Å². The number of hydrogen-bond acceptors (Lipinski definition) is 3. The van der Waals surface area contributed by atoms with Crippen LogP contribution in [0.2, 0.25) is 0 Å². The third-order valence-corrected chi connectivity index (χ3v) is 2.60. The second kappa shape index (κ2) is 4.29. The van der Waals surface area contributed by atoms with Crippen molar-refractivity contribution < 1.29 is 4.74 Å². The molecular formula is C12H14N4O. The van der Waals surface area contributed by atoms with Crippen LogP contribution in [0.4, 0.5) is 0 Å². The fraction of sp³-hybridized carbons (Fsp3) is 0.167. The van der Waals surface area contributed by atoms with Gasteiger partial charge in [0.05, 0.1) is 30.3 Å². The molecule has 1 heterocycles. The molecule has 5 nitrogen and oxygen atoms in total. The van der Waals surface area contributed by atoms with Gasteiger partial charge in [0.2, 0.25) is 0 Å². The summed E-state index contributed by atoms with van der Waals surface area (Å²) < 4.78 is 6.90. The van der Waals surface area contributed by atoms with E-state index >= 15 is 0 Å². The molecule has 0 unspecified atom stereocenters. The Kier molecular flexibility index (Phi) is 2.82. The summed E-state index contributed by atoms with van der Waals surface area (Å²) in [5.74, 6) is 0.790. The van der Waals surface area contributed by atoms with Crippen LogP contribution in [0.25, 0.3) is 5.69 Å². The normalized spacial score (nSPS) is 10.2. The molecule has 5 heteroatoms. The summed E-state index contributed by atoms with van der Waals surface area (Å²) >= 11 is 0. The number of aromatic nitrogens is 2. The average Bonchev–Trinajstić information content (AvgIpc) is 2.71. The van der Waals surface area contributed by atoms with E-state index in [1.54, 1.807) is 18.0 Å². The maximum absolute atomic E-state index is 7.43. The molecule has 0 atom stereocenters. The summed E-state index contributed by atoms with van der Waals surface area (Å²) in [4.78, 5) is 0. The number of nitrogen functional groups attached to an aromatic ring is 1. The van der Waals surface area contributed by atoms with Gasteiger partial charge in [-0.2, -0.15) is 5.10 Å². The number of methoxy groups -OCH3 is 1. The minimum Gasteiger partial charge on any atom is -0.497 e. The molecule has 1 aromatic carbocycles. The number of hydrogen-bond donors (Lipinski definition) is 2. The van der Waals surface area contributed by atoms with Crippen molar-refractivity contribution in [3.05, 3.63) is 41.7 Å². The highest BCUT2D eigenvalue weighted by Gasteiger charge is 2.10. The summed E-state index contributed by atoms with van der Waals surface area (Å²) in [5, 5.41) is 11.7. The van der Waals surface area contributed by atoms with E-state index < -0.39 is 0 Å². The molecule has 0 saturated carbocycles. The van der Waals surface area contributed by atoms with Crippen molar-refractivity contribution in [3.8, 4) is 11.4 Å². The Morgan fingerprint density at radius 3 is 2.82 bits per heavy atom. The quantitative estimate of drug-likeness (QED) is 0.619. The first-order chi connectivity index (χ1) is 8.13. The predicted octanol–water partition coefficient (Wildman–Crippen LogP) is 1.47. The SMILES string of the molecule is COc1cccc(-n2ncc(C(=N)N)c2C)c1. The molecule has 2 rings (SSSR count). The predicted molar refractivity (Wildman–Crippen MR) is 65.9 cm³/mol. The van der Waals surface area contributed by atoms with Gasteiger partial charge in [0.1, 0.15) is 11.6 Å². The molecule has 0 amide bonds. The van der Waals surface area contributed by atoms with Crippen LogP contribution in [0, 0.1) is 12.3 Å². The van der Waals surface area contributed by atoms with Gasteiger partial charge in [0.25, 0.3) is 0 Å². The fourth-order valence-corrected chi connectivity index (χ4v) is 1.68. The molecule has 0 radical (unpaired) electrons. The van der Waals surface area contributed by atoms with E-state index in [0.717, 1.165) is 17.1 Å². The fourth-order valence-electron chi connectivity index (χ4n) is 1.68. The Morgan fingerprint density at radius 1 is 1.47 bits per heavy atom. The van der Waals surface area contributed by atoms with Crippen LogP contribution in [-0.4, -0.2) is 22.7 Å². The molecule has 0 bridgehead atoms. The largest absolute Gasteiger partial charge is 0.497 e. The lowest BCUT2D eigenvalue weighted by atomic mass is 10.2. The highest BCUT2D eigenvalue weighted by molar-refractivity contribution is 5.95. The maximum atomic E-state index is 7.43. The summed E-state index contributed by atoms with van der Waals surface area (Å²) in [7, 11) is 1.62. The molecule has 17 heavy (non-hydrogen) atoms. The highest BCUT2D eigenvalue weighted by atomic mass is 16.5. The van der Waals surface area contributed by atoms with Crippen LogP contribution >= 0.6 is 0 Å². The number of amidine groups is 1. The lowest BCUT2D eigenvalue weighted by Crippen LogP contribution is -2.12. The first-order valence-corrected chi connectivity index (χ1v) is 5.17. The van der Waals surface area contributed by atoms with E-state index in [-0.39, 0.29) is 5.84 Å². The smallest absolute Gasteiger partial charge is 0.126 e. The van der Waals surface area contributed by atoms with E-state index in [1.807, 2.05) is 31.2 Å². The average molecular weight is 230 g/mol. The van der Waals surface area contributed by atoms with Gasteiger partial charge in [0, 0.05) is 6.07 Å². The minimum absolute atomic E-state index is 0.0247. The number of benzene rings is 1. The van der Waals surface area contributed by atoms with Crippen LogP contribution in [-0.2, 0) is 0 Å². The van der Waals surface area contributed by atoms with Crippen molar-refractivity contribution in [1.29, 1.82) is 5.41 Å². The second-order valence-corrected chi connectivity index (χ2v) is 3.67. The van der Waals surface area contributed by atoms with Crippen molar-refractivity contribution >= 4 is 5.84 Å². The zero-order chi connectivity index (χ0) is 12.4. The molecule has 3 N–H and O–H groups in total. The van der Waals surface area contributed by atoms with Crippen molar-refractivity contribution in [2.75, 3.05) is 7.11 Å². The molecule has 1 aromatic heterocycles. The van der Waals surface area contributed by atoms with Gasteiger partial charge in [-0.3, -0.25) is 5.41 Å². The Hall–Kier alpha value is -2.30. The number of nitrogens with one attached hydrogen (secondary N) is 1. The molecular weight excluding hydrogens is 216 g/mol. The van der Waals surface area contributed by atoms with Gasteiger partial charge >= 0.3 is 0 Å². The van der Waals surface area contributed by atoms with E-state index in [2.05, 4.69) is 5.10 Å². The molecule has 0 aliphatic carbocycles. The zero-order valence-electron chi connectivity index (χ0n) is 9.77. The lowest BCUT2D eigenvalue weighted by Gasteiger charge is -2.07. The van der Waals surface area contributed by atoms with E-state index in [1.165, 1.54) is 0 Å². The Bertz CT molecular complexity index is 559. The third-order valence-electron chi connectivity index (χ3n) is 2.60. The first-order valence-electron chi connectivity index (χ1n) is 5.17. The number of nitrogens with zero attached hydrogens (tertiary/aromatic N) is 2. The minimum atomic E-state index is 0.0247. The Morgan fingerprint density at radius 2 is 2.24 bits per heavy atom. The van der Waals surface area contributed by atoms with Crippen LogP contribution in [0.3, 0.4) is 0 Å².